The maximum atomic E-state index is 12.7. The summed E-state index contributed by atoms with van der Waals surface area (Å²) in [6.45, 7) is 1.75. The third-order valence-corrected chi connectivity index (χ3v) is 4.00. The first-order chi connectivity index (χ1) is 11.5. The highest BCUT2D eigenvalue weighted by atomic mass is 35.5. The Morgan fingerprint density at radius 1 is 1.29 bits per heavy atom. The Morgan fingerprint density at radius 2 is 2.04 bits per heavy atom. The van der Waals surface area contributed by atoms with Gasteiger partial charge in [-0.15, -0.1) is 11.6 Å². The average molecular weight is 365 g/mol. The molecule has 1 unspecified atom stereocenters. The normalized spacial score (nSPS) is 11.6. The SMILES string of the molecule is CCC(Cl)C(=O)Nc1nc(C=O)ccc1C(=O)c1cccc(Cl)c1. The van der Waals surface area contributed by atoms with Gasteiger partial charge in [0.1, 0.15) is 16.9 Å². The third kappa shape index (κ3) is 4.19. The van der Waals surface area contributed by atoms with Crippen LogP contribution in [0.5, 0.6) is 0 Å². The number of carbonyl (C=O) groups excluding carboxylic acids is 3. The van der Waals surface area contributed by atoms with Crippen molar-refractivity contribution in [3.63, 3.8) is 0 Å². The lowest BCUT2D eigenvalue weighted by Gasteiger charge is -2.12. The van der Waals surface area contributed by atoms with E-state index in [1.165, 1.54) is 18.2 Å². The highest BCUT2D eigenvalue weighted by Crippen LogP contribution is 2.21. The summed E-state index contributed by atoms with van der Waals surface area (Å²) in [5.41, 5.74) is 0.586. The Balaban J connectivity index is 2.43. The van der Waals surface area contributed by atoms with Crippen LogP contribution in [0.25, 0.3) is 0 Å². The second-order valence-corrected chi connectivity index (χ2v) is 5.92. The number of ketones is 1. The Hall–Kier alpha value is -2.24. The molecule has 0 bridgehead atoms. The number of nitrogens with one attached hydrogen (secondary N) is 1. The molecule has 1 amide bonds. The second kappa shape index (κ2) is 8.04. The fraction of sp³-hybridized carbons (Fsp3) is 0.176. The van der Waals surface area contributed by atoms with Crippen molar-refractivity contribution in [2.75, 3.05) is 5.32 Å². The summed E-state index contributed by atoms with van der Waals surface area (Å²) >= 11 is 11.8. The molecule has 1 heterocycles. The van der Waals surface area contributed by atoms with Crippen molar-refractivity contribution in [3.8, 4) is 0 Å². The summed E-state index contributed by atoms with van der Waals surface area (Å²) in [5, 5.41) is 2.16. The first-order valence-corrected chi connectivity index (χ1v) is 7.99. The number of rotatable bonds is 6. The van der Waals surface area contributed by atoms with Crippen LogP contribution < -0.4 is 5.32 Å². The molecule has 1 N–H and O–H groups in total. The van der Waals surface area contributed by atoms with E-state index >= 15 is 0 Å². The molecule has 7 heteroatoms. The van der Waals surface area contributed by atoms with E-state index in [4.69, 9.17) is 23.2 Å². The standard InChI is InChI=1S/C17H14Cl2N2O3/c1-2-14(19)17(24)21-16-13(7-6-12(9-22)20-16)15(23)10-4-3-5-11(18)8-10/h3-9,14H,2H2,1H3,(H,20,21,24). The van der Waals surface area contributed by atoms with Crippen molar-refractivity contribution in [2.45, 2.75) is 18.7 Å². The van der Waals surface area contributed by atoms with E-state index in [-0.39, 0.29) is 22.9 Å². The van der Waals surface area contributed by atoms with Gasteiger partial charge in [0.15, 0.2) is 12.1 Å². The van der Waals surface area contributed by atoms with Gasteiger partial charge in [0.2, 0.25) is 5.91 Å². The van der Waals surface area contributed by atoms with E-state index in [1.807, 2.05) is 0 Å². The summed E-state index contributed by atoms with van der Waals surface area (Å²) in [6, 6.07) is 9.24. The lowest BCUT2D eigenvalue weighted by atomic mass is 10.0. The minimum atomic E-state index is -0.763. The van der Waals surface area contributed by atoms with Gasteiger partial charge in [-0.25, -0.2) is 4.98 Å². The Morgan fingerprint density at radius 3 is 2.67 bits per heavy atom. The lowest BCUT2D eigenvalue weighted by molar-refractivity contribution is -0.115. The topological polar surface area (TPSA) is 76.1 Å². The molecule has 0 radical (unpaired) electrons. The largest absolute Gasteiger partial charge is 0.309 e. The van der Waals surface area contributed by atoms with Crippen molar-refractivity contribution in [3.05, 3.63) is 58.2 Å². The van der Waals surface area contributed by atoms with E-state index in [1.54, 1.807) is 25.1 Å². The van der Waals surface area contributed by atoms with Crippen LogP contribution in [0.1, 0.15) is 39.8 Å². The second-order valence-electron chi connectivity index (χ2n) is 4.95. The van der Waals surface area contributed by atoms with Crippen molar-refractivity contribution in [1.82, 2.24) is 4.98 Å². The molecular weight excluding hydrogens is 351 g/mol. The van der Waals surface area contributed by atoms with Gasteiger partial charge in [0.25, 0.3) is 0 Å². The zero-order chi connectivity index (χ0) is 17.7. The van der Waals surface area contributed by atoms with Crippen LogP contribution >= 0.6 is 23.2 Å². The highest BCUT2D eigenvalue weighted by molar-refractivity contribution is 6.33. The molecule has 0 aliphatic rings. The molecule has 0 aliphatic carbocycles. The minimum absolute atomic E-state index is 0.00586. The number of alkyl halides is 1. The van der Waals surface area contributed by atoms with Gasteiger partial charge in [-0.3, -0.25) is 14.4 Å². The van der Waals surface area contributed by atoms with E-state index in [9.17, 15) is 14.4 Å². The van der Waals surface area contributed by atoms with E-state index in [0.717, 1.165) is 0 Å². The van der Waals surface area contributed by atoms with Crippen LogP contribution in [0.2, 0.25) is 5.02 Å². The first kappa shape index (κ1) is 18.1. The molecule has 24 heavy (non-hydrogen) atoms. The summed E-state index contributed by atoms with van der Waals surface area (Å²) in [5.74, 6) is -0.871. The molecular formula is C17H14Cl2N2O3. The maximum absolute atomic E-state index is 12.7. The fourth-order valence-corrected chi connectivity index (χ4v) is 2.23. The summed E-state index contributed by atoms with van der Waals surface area (Å²) in [6.07, 6.45) is 0.944. The molecule has 1 aromatic heterocycles. The van der Waals surface area contributed by atoms with Crippen molar-refractivity contribution in [2.24, 2.45) is 0 Å². The van der Waals surface area contributed by atoms with Gasteiger partial charge < -0.3 is 5.32 Å². The third-order valence-electron chi connectivity index (χ3n) is 3.25. The van der Waals surface area contributed by atoms with Gasteiger partial charge in [-0.2, -0.15) is 0 Å². The molecule has 0 saturated carbocycles. The number of pyridine rings is 1. The van der Waals surface area contributed by atoms with Gasteiger partial charge >= 0.3 is 0 Å². The Labute approximate surface area is 149 Å². The number of amides is 1. The summed E-state index contributed by atoms with van der Waals surface area (Å²) in [7, 11) is 0. The summed E-state index contributed by atoms with van der Waals surface area (Å²) < 4.78 is 0. The molecule has 0 fully saturated rings. The monoisotopic (exact) mass is 364 g/mol. The predicted octanol–water partition coefficient (Wildman–Crippen LogP) is 3.73. The van der Waals surface area contributed by atoms with Crippen LogP contribution in [0.3, 0.4) is 0 Å². The number of aldehydes is 1. The van der Waals surface area contributed by atoms with E-state index in [2.05, 4.69) is 10.3 Å². The lowest BCUT2D eigenvalue weighted by Crippen LogP contribution is -2.24. The molecule has 0 aliphatic heterocycles. The van der Waals surface area contributed by atoms with Crippen LogP contribution in [0.15, 0.2) is 36.4 Å². The smallest absolute Gasteiger partial charge is 0.243 e. The van der Waals surface area contributed by atoms with Gasteiger partial charge in [-0.1, -0.05) is 30.7 Å². The van der Waals surface area contributed by atoms with Crippen LogP contribution in [-0.2, 0) is 4.79 Å². The quantitative estimate of drug-likeness (QED) is 0.481. The number of halogens is 2. The Kier molecular flexibility index (Phi) is 6.06. The molecule has 5 nitrogen and oxygen atoms in total. The van der Waals surface area contributed by atoms with Gasteiger partial charge in [0, 0.05) is 10.6 Å². The van der Waals surface area contributed by atoms with Crippen molar-refractivity contribution >= 4 is 47.0 Å². The van der Waals surface area contributed by atoms with Crippen molar-refractivity contribution < 1.29 is 14.4 Å². The zero-order valence-electron chi connectivity index (χ0n) is 12.8. The molecule has 2 aromatic rings. The molecule has 1 aromatic carbocycles. The fourth-order valence-electron chi connectivity index (χ4n) is 1.98. The van der Waals surface area contributed by atoms with Crippen LogP contribution in [0, 0.1) is 0 Å². The number of benzene rings is 1. The number of hydrogen-bond acceptors (Lipinski definition) is 4. The van der Waals surface area contributed by atoms with E-state index in [0.29, 0.717) is 23.3 Å². The molecule has 124 valence electrons. The molecule has 1 atom stereocenters. The van der Waals surface area contributed by atoms with Gasteiger partial charge in [-0.05, 0) is 30.7 Å². The number of hydrogen-bond donors (Lipinski definition) is 1. The van der Waals surface area contributed by atoms with E-state index < -0.39 is 11.3 Å². The molecule has 0 saturated heterocycles. The zero-order valence-corrected chi connectivity index (χ0v) is 14.3. The minimum Gasteiger partial charge on any atom is -0.309 e. The van der Waals surface area contributed by atoms with Crippen LogP contribution in [0.4, 0.5) is 5.82 Å². The van der Waals surface area contributed by atoms with Gasteiger partial charge in [0.05, 0.1) is 5.56 Å². The van der Waals surface area contributed by atoms with Crippen molar-refractivity contribution in [1.29, 1.82) is 0 Å². The van der Waals surface area contributed by atoms with Crippen LogP contribution in [-0.4, -0.2) is 28.3 Å². The average Bonchev–Trinajstić information content (AvgIpc) is 2.60. The number of nitrogens with zero attached hydrogens (tertiary/aromatic N) is 1. The molecule has 0 spiro atoms. The Bertz CT molecular complexity index is 793. The number of aromatic nitrogens is 1. The predicted molar refractivity (Wildman–Crippen MR) is 93.1 cm³/mol. The first-order valence-electron chi connectivity index (χ1n) is 7.17. The maximum Gasteiger partial charge on any atom is 0.243 e. The highest BCUT2D eigenvalue weighted by Gasteiger charge is 2.20. The summed E-state index contributed by atoms with van der Waals surface area (Å²) in [4.78, 5) is 39.6. The number of anilines is 1. The molecule has 2 rings (SSSR count). The number of carbonyl (C=O) groups is 3.